The molecule has 2 atom stereocenters. The van der Waals surface area contributed by atoms with Gasteiger partial charge in [-0.15, -0.1) is 0 Å². The fraction of sp³-hybridized carbons (Fsp3) is 0.800. The molecule has 0 heterocycles. The first-order chi connectivity index (χ1) is 7.12. The number of fused-ring (bicyclic) bond motifs is 2. The SMILES string of the molecule is C=C1C2CCC(C2)C1(C(Cl)(Cl)Cl)C(Cl)(Cl)Cl. The Hall–Kier alpha value is 1.48. The van der Waals surface area contributed by atoms with Gasteiger partial charge in [-0.1, -0.05) is 81.8 Å². The maximum atomic E-state index is 6.09. The summed E-state index contributed by atoms with van der Waals surface area (Å²) < 4.78 is -3.29. The number of hydrogen-bond acceptors (Lipinski definition) is 0. The first kappa shape index (κ1) is 13.9. The van der Waals surface area contributed by atoms with Crippen molar-refractivity contribution in [2.75, 3.05) is 0 Å². The molecule has 0 aromatic heterocycles. The lowest BCUT2D eigenvalue weighted by molar-refractivity contribution is 0.238. The van der Waals surface area contributed by atoms with E-state index in [1.165, 1.54) is 0 Å². The van der Waals surface area contributed by atoms with Crippen molar-refractivity contribution >= 4 is 69.6 Å². The predicted molar refractivity (Wildman–Crippen MR) is 73.0 cm³/mol. The molecule has 0 aromatic rings. The minimum atomic E-state index is -1.64. The summed E-state index contributed by atoms with van der Waals surface area (Å²) in [6, 6.07) is 0. The van der Waals surface area contributed by atoms with Crippen LogP contribution in [0.3, 0.4) is 0 Å². The van der Waals surface area contributed by atoms with Gasteiger partial charge >= 0.3 is 0 Å². The van der Waals surface area contributed by atoms with Crippen molar-refractivity contribution in [3.63, 3.8) is 0 Å². The number of alkyl halides is 6. The van der Waals surface area contributed by atoms with Gasteiger partial charge in [-0.25, -0.2) is 0 Å². The quantitative estimate of drug-likeness (QED) is 0.391. The van der Waals surface area contributed by atoms with Gasteiger partial charge in [0, 0.05) is 0 Å². The number of rotatable bonds is 0. The zero-order valence-electron chi connectivity index (χ0n) is 8.25. The van der Waals surface area contributed by atoms with E-state index in [1.54, 1.807) is 0 Å². The van der Waals surface area contributed by atoms with Crippen molar-refractivity contribution in [1.82, 2.24) is 0 Å². The van der Waals surface area contributed by atoms with Crippen LogP contribution in [0.15, 0.2) is 12.2 Å². The Morgan fingerprint density at radius 2 is 1.50 bits per heavy atom. The highest BCUT2D eigenvalue weighted by Crippen LogP contribution is 2.74. The monoisotopic (exact) mass is 340 g/mol. The van der Waals surface area contributed by atoms with Gasteiger partial charge in [0.2, 0.25) is 7.59 Å². The minimum Gasteiger partial charge on any atom is -0.0987 e. The van der Waals surface area contributed by atoms with Crippen molar-refractivity contribution < 1.29 is 0 Å². The van der Waals surface area contributed by atoms with Crippen molar-refractivity contribution in [1.29, 1.82) is 0 Å². The standard InChI is InChI=1S/C10H10Cl6/c1-5-6-2-3-7(4-6)8(5,9(11,12)13)10(14,15)16/h6-7H,1-4H2. The van der Waals surface area contributed by atoms with Crippen LogP contribution in [0, 0.1) is 17.3 Å². The van der Waals surface area contributed by atoms with E-state index in [9.17, 15) is 0 Å². The molecule has 2 aliphatic carbocycles. The summed E-state index contributed by atoms with van der Waals surface area (Å²) in [5.74, 6) is 0.404. The number of hydrogen-bond donors (Lipinski definition) is 0. The Labute approximate surface area is 125 Å². The van der Waals surface area contributed by atoms with Gasteiger partial charge in [0.05, 0.1) is 5.41 Å². The molecule has 0 amide bonds. The molecule has 2 saturated carbocycles. The average Bonchev–Trinajstić information content (AvgIpc) is 2.57. The van der Waals surface area contributed by atoms with E-state index in [0.29, 0.717) is 5.92 Å². The van der Waals surface area contributed by atoms with Gasteiger partial charge in [0.25, 0.3) is 0 Å². The van der Waals surface area contributed by atoms with Crippen LogP contribution in [0.4, 0.5) is 0 Å². The molecule has 0 aromatic carbocycles. The molecular weight excluding hydrogens is 333 g/mol. The number of halogens is 6. The van der Waals surface area contributed by atoms with E-state index < -0.39 is 13.0 Å². The van der Waals surface area contributed by atoms with Crippen molar-refractivity contribution in [3.8, 4) is 0 Å². The molecule has 2 fully saturated rings. The van der Waals surface area contributed by atoms with Crippen molar-refractivity contribution in [2.24, 2.45) is 17.3 Å². The lowest BCUT2D eigenvalue weighted by atomic mass is 9.72. The van der Waals surface area contributed by atoms with Gasteiger partial charge < -0.3 is 0 Å². The Balaban J connectivity index is 2.57. The molecule has 0 spiro atoms. The molecular formula is C10H10Cl6. The van der Waals surface area contributed by atoms with E-state index in [4.69, 9.17) is 69.6 Å². The second-order valence-electron chi connectivity index (χ2n) is 4.54. The smallest absolute Gasteiger partial charge is 0.0987 e. The molecule has 2 bridgehead atoms. The third-order valence-electron chi connectivity index (χ3n) is 3.94. The predicted octanol–water partition coefficient (Wildman–Crippen LogP) is 5.70. The van der Waals surface area contributed by atoms with Crippen LogP contribution in [-0.4, -0.2) is 7.59 Å². The summed E-state index contributed by atoms with van der Waals surface area (Å²) in [5.41, 5.74) is -0.276. The molecule has 92 valence electrons. The average molecular weight is 343 g/mol. The number of allylic oxidation sites excluding steroid dienone is 1. The molecule has 2 unspecified atom stereocenters. The Kier molecular flexibility index (Phi) is 3.46. The van der Waals surface area contributed by atoms with Crippen LogP contribution < -0.4 is 0 Å². The van der Waals surface area contributed by atoms with Crippen LogP contribution in [0.25, 0.3) is 0 Å². The first-order valence-electron chi connectivity index (χ1n) is 4.95. The summed E-state index contributed by atoms with van der Waals surface area (Å²) >= 11 is 36.5. The highest BCUT2D eigenvalue weighted by molar-refractivity contribution is 6.73. The minimum absolute atomic E-state index is 0.0880. The normalized spacial score (nSPS) is 33.5. The second kappa shape index (κ2) is 3.99. The molecule has 16 heavy (non-hydrogen) atoms. The van der Waals surface area contributed by atoms with Gasteiger partial charge in [-0.3, -0.25) is 0 Å². The van der Waals surface area contributed by atoms with Gasteiger partial charge in [0.1, 0.15) is 0 Å². The second-order valence-corrected chi connectivity index (χ2v) is 9.10. The summed E-state index contributed by atoms with van der Waals surface area (Å²) in [6.45, 7) is 4.02. The molecule has 0 saturated heterocycles. The van der Waals surface area contributed by atoms with Crippen LogP contribution >= 0.6 is 69.6 Å². The van der Waals surface area contributed by atoms with Crippen LogP contribution in [0.2, 0.25) is 0 Å². The fourth-order valence-electron chi connectivity index (χ4n) is 3.26. The van der Waals surface area contributed by atoms with E-state index in [2.05, 4.69) is 6.58 Å². The lowest BCUT2D eigenvalue weighted by Crippen LogP contribution is -2.51. The first-order valence-corrected chi connectivity index (χ1v) is 7.22. The third kappa shape index (κ3) is 1.64. The molecule has 2 rings (SSSR count). The molecule has 0 nitrogen and oxygen atoms in total. The highest BCUT2D eigenvalue weighted by Gasteiger charge is 2.71. The Morgan fingerprint density at radius 1 is 1.00 bits per heavy atom. The van der Waals surface area contributed by atoms with Gasteiger partial charge in [-0.2, -0.15) is 0 Å². The lowest BCUT2D eigenvalue weighted by Gasteiger charge is -2.48. The zero-order chi connectivity index (χ0) is 12.4. The van der Waals surface area contributed by atoms with Crippen molar-refractivity contribution in [3.05, 3.63) is 12.2 Å². The van der Waals surface area contributed by atoms with E-state index in [0.717, 1.165) is 24.8 Å². The Morgan fingerprint density at radius 3 is 1.75 bits per heavy atom. The molecule has 0 N–H and O–H groups in total. The maximum Gasteiger partial charge on any atom is 0.204 e. The van der Waals surface area contributed by atoms with Crippen LogP contribution in [0.5, 0.6) is 0 Å². The van der Waals surface area contributed by atoms with E-state index >= 15 is 0 Å². The topological polar surface area (TPSA) is 0 Å². The van der Waals surface area contributed by atoms with E-state index in [-0.39, 0.29) is 5.92 Å². The van der Waals surface area contributed by atoms with E-state index in [1.807, 2.05) is 0 Å². The summed E-state index contributed by atoms with van der Waals surface area (Å²) in [4.78, 5) is 0. The molecule has 6 heteroatoms. The highest BCUT2D eigenvalue weighted by atomic mass is 35.6. The summed E-state index contributed by atoms with van der Waals surface area (Å²) in [5, 5.41) is 0. The maximum absolute atomic E-state index is 6.09. The van der Waals surface area contributed by atoms with Crippen LogP contribution in [-0.2, 0) is 0 Å². The zero-order valence-corrected chi connectivity index (χ0v) is 12.8. The van der Waals surface area contributed by atoms with Gasteiger partial charge in [-0.05, 0) is 31.1 Å². The van der Waals surface area contributed by atoms with Crippen LogP contribution in [0.1, 0.15) is 19.3 Å². The third-order valence-corrected chi connectivity index (χ3v) is 5.73. The summed E-state index contributed by atoms with van der Waals surface area (Å²) in [7, 11) is 0. The molecule has 0 aliphatic heterocycles. The van der Waals surface area contributed by atoms with Crippen molar-refractivity contribution in [2.45, 2.75) is 26.8 Å². The Bertz CT molecular complexity index is 309. The fourth-order valence-corrected chi connectivity index (χ4v) is 6.20. The molecule has 2 aliphatic rings. The summed E-state index contributed by atoms with van der Waals surface area (Å²) in [6.07, 6.45) is 2.87. The largest absolute Gasteiger partial charge is 0.204 e. The van der Waals surface area contributed by atoms with Gasteiger partial charge in [0.15, 0.2) is 0 Å². The molecule has 0 radical (unpaired) electrons.